The van der Waals surface area contributed by atoms with E-state index in [0.29, 0.717) is 5.95 Å². The zero-order valence-corrected chi connectivity index (χ0v) is 18.7. The zero-order chi connectivity index (χ0) is 18.5. The minimum atomic E-state index is 0. The Labute approximate surface area is 186 Å². The van der Waals surface area contributed by atoms with E-state index in [4.69, 9.17) is 0 Å². The van der Waals surface area contributed by atoms with Crippen LogP contribution in [-0.4, -0.2) is 55.7 Å². The maximum atomic E-state index is 4.61. The number of likely N-dealkylation sites (tertiary alicyclic amines) is 2. The van der Waals surface area contributed by atoms with E-state index in [1.807, 2.05) is 16.9 Å². The lowest BCUT2D eigenvalue weighted by Crippen LogP contribution is -2.33. The first kappa shape index (κ1) is 23.6. The SMILES string of the molecule is Cc1c(C(/C=C/N2CCCCC2)N2CCCCC2)cnn1-c1ncccn1.Cl.Cl. The average molecular weight is 439 g/mol. The van der Waals surface area contributed by atoms with Gasteiger partial charge in [-0.3, -0.25) is 4.90 Å². The quantitative estimate of drug-likeness (QED) is 0.694. The van der Waals surface area contributed by atoms with Gasteiger partial charge >= 0.3 is 0 Å². The van der Waals surface area contributed by atoms with Crippen molar-refractivity contribution in [3.63, 3.8) is 0 Å². The van der Waals surface area contributed by atoms with Crippen LogP contribution in [0.15, 0.2) is 36.9 Å². The molecule has 4 heterocycles. The van der Waals surface area contributed by atoms with E-state index in [0.717, 1.165) is 18.8 Å². The molecule has 2 aromatic rings. The molecule has 2 saturated heterocycles. The predicted molar refractivity (Wildman–Crippen MR) is 121 cm³/mol. The molecule has 1 unspecified atom stereocenters. The van der Waals surface area contributed by atoms with Gasteiger partial charge in [0.2, 0.25) is 0 Å². The van der Waals surface area contributed by atoms with Gasteiger partial charge in [-0.2, -0.15) is 5.10 Å². The number of halogens is 2. The summed E-state index contributed by atoms with van der Waals surface area (Å²) in [5.74, 6) is 0.638. The molecule has 4 rings (SSSR count). The van der Waals surface area contributed by atoms with E-state index in [1.165, 1.54) is 57.2 Å². The van der Waals surface area contributed by atoms with Gasteiger partial charge in [0.15, 0.2) is 0 Å². The summed E-state index contributed by atoms with van der Waals surface area (Å²) in [7, 11) is 0. The molecule has 0 radical (unpaired) electrons. The average Bonchev–Trinajstić information content (AvgIpc) is 3.12. The second-order valence-electron chi connectivity index (χ2n) is 7.63. The van der Waals surface area contributed by atoms with Crippen LogP contribution in [0.4, 0.5) is 0 Å². The van der Waals surface area contributed by atoms with Crippen molar-refractivity contribution in [2.45, 2.75) is 51.5 Å². The molecule has 2 aliphatic rings. The van der Waals surface area contributed by atoms with Crippen molar-refractivity contribution in [3.8, 4) is 5.95 Å². The third kappa shape index (κ3) is 5.71. The Balaban J connectivity index is 0.00000150. The molecule has 0 aromatic carbocycles. The molecule has 2 aliphatic heterocycles. The number of rotatable bonds is 5. The molecule has 0 amide bonds. The molecule has 0 N–H and O–H groups in total. The lowest BCUT2D eigenvalue weighted by Gasteiger charge is -2.33. The first-order valence-electron chi connectivity index (χ1n) is 10.3. The van der Waals surface area contributed by atoms with E-state index in [2.05, 4.69) is 44.1 Å². The maximum Gasteiger partial charge on any atom is 0.250 e. The fourth-order valence-corrected chi connectivity index (χ4v) is 4.20. The molecule has 0 spiro atoms. The largest absolute Gasteiger partial charge is 0.378 e. The Bertz CT molecular complexity index is 752. The Morgan fingerprint density at radius 1 is 0.897 bits per heavy atom. The van der Waals surface area contributed by atoms with Gasteiger partial charge in [0.05, 0.1) is 12.2 Å². The number of piperidine rings is 2. The van der Waals surface area contributed by atoms with Crippen molar-refractivity contribution in [1.82, 2.24) is 29.5 Å². The predicted octanol–water partition coefficient (Wildman–Crippen LogP) is 4.34. The van der Waals surface area contributed by atoms with Crippen molar-refractivity contribution in [3.05, 3.63) is 48.2 Å². The molecule has 8 heteroatoms. The molecule has 6 nitrogen and oxygen atoms in total. The Hall–Kier alpha value is -1.63. The molecule has 0 aliphatic carbocycles. The van der Waals surface area contributed by atoms with Crippen LogP contribution in [0.25, 0.3) is 5.95 Å². The van der Waals surface area contributed by atoms with Crippen LogP contribution in [0.1, 0.15) is 55.8 Å². The lowest BCUT2D eigenvalue weighted by atomic mass is 10.0. The van der Waals surface area contributed by atoms with Crippen LogP contribution in [-0.2, 0) is 0 Å². The molecule has 2 aromatic heterocycles. The van der Waals surface area contributed by atoms with E-state index in [9.17, 15) is 0 Å². The van der Waals surface area contributed by atoms with Crippen LogP contribution in [0.2, 0.25) is 0 Å². The van der Waals surface area contributed by atoms with Crippen molar-refractivity contribution in [2.75, 3.05) is 26.2 Å². The molecule has 2 fully saturated rings. The van der Waals surface area contributed by atoms with Crippen molar-refractivity contribution in [1.29, 1.82) is 0 Å². The highest BCUT2D eigenvalue weighted by molar-refractivity contribution is 5.85. The molecular weight excluding hydrogens is 407 g/mol. The first-order chi connectivity index (χ1) is 13.3. The number of nitrogens with zero attached hydrogens (tertiary/aromatic N) is 6. The highest BCUT2D eigenvalue weighted by atomic mass is 35.5. The van der Waals surface area contributed by atoms with Gasteiger partial charge in [-0.05, 0) is 70.5 Å². The summed E-state index contributed by atoms with van der Waals surface area (Å²) in [6.07, 6.45) is 18.1. The number of aromatic nitrogens is 4. The van der Waals surface area contributed by atoms with E-state index in [-0.39, 0.29) is 30.9 Å². The fraction of sp³-hybridized carbons (Fsp3) is 0.571. The zero-order valence-electron chi connectivity index (χ0n) is 17.1. The van der Waals surface area contributed by atoms with Gasteiger partial charge in [0.1, 0.15) is 0 Å². The summed E-state index contributed by atoms with van der Waals surface area (Å²) in [5, 5.41) is 4.61. The van der Waals surface area contributed by atoms with Crippen molar-refractivity contribution in [2.24, 2.45) is 0 Å². The molecule has 1 atom stereocenters. The van der Waals surface area contributed by atoms with Gasteiger partial charge in [0, 0.05) is 36.7 Å². The molecule has 0 bridgehead atoms. The summed E-state index contributed by atoms with van der Waals surface area (Å²) in [6, 6.07) is 2.10. The molecule has 160 valence electrons. The van der Waals surface area contributed by atoms with Crippen molar-refractivity contribution >= 4 is 24.8 Å². The lowest BCUT2D eigenvalue weighted by molar-refractivity contribution is 0.189. The minimum Gasteiger partial charge on any atom is -0.378 e. The van der Waals surface area contributed by atoms with Gasteiger partial charge in [-0.25, -0.2) is 14.6 Å². The fourth-order valence-electron chi connectivity index (χ4n) is 4.20. The summed E-state index contributed by atoms with van der Waals surface area (Å²) >= 11 is 0. The summed E-state index contributed by atoms with van der Waals surface area (Å²) in [6.45, 7) is 6.80. The van der Waals surface area contributed by atoms with Gasteiger partial charge in [-0.15, -0.1) is 24.8 Å². The van der Waals surface area contributed by atoms with Crippen LogP contribution in [0, 0.1) is 6.92 Å². The third-order valence-corrected chi connectivity index (χ3v) is 5.76. The molecule has 29 heavy (non-hydrogen) atoms. The first-order valence-corrected chi connectivity index (χ1v) is 10.3. The Morgan fingerprint density at radius 2 is 1.52 bits per heavy atom. The summed E-state index contributed by atoms with van der Waals surface area (Å²) in [4.78, 5) is 13.8. The van der Waals surface area contributed by atoms with Crippen LogP contribution in [0.3, 0.4) is 0 Å². The van der Waals surface area contributed by atoms with Crippen molar-refractivity contribution < 1.29 is 0 Å². The van der Waals surface area contributed by atoms with Crippen LogP contribution < -0.4 is 0 Å². The van der Waals surface area contributed by atoms with Crippen LogP contribution >= 0.6 is 24.8 Å². The second kappa shape index (κ2) is 11.5. The monoisotopic (exact) mass is 438 g/mol. The normalized spacial score (nSPS) is 18.9. The van der Waals surface area contributed by atoms with Gasteiger partial charge < -0.3 is 4.90 Å². The number of hydrogen-bond acceptors (Lipinski definition) is 5. The summed E-state index contributed by atoms with van der Waals surface area (Å²) < 4.78 is 1.86. The Morgan fingerprint density at radius 3 is 2.17 bits per heavy atom. The topological polar surface area (TPSA) is 50.1 Å². The van der Waals surface area contributed by atoms with E-state index in [1.54, 1.807) is 12.4 Å². The van der Waals surface area contributed by atoms with Gasteiger partial charge in [-0.1, -0.05) is 6.42 Å². The minimum absolute atomic E-state index is 0. The highest BCUT2D eigenvalue weighted by Crippen LogP contribution is 2.29. The highest BCUT2D eigenvalue weighted by Gasteiger charge is 2.24. The second-order valence-corrected chi connectivity index (χ2v) is 7.63. The van der Waals surface area contributed by atoms with Crippen LogP contribution in [0.5, 0.6) is 0 Å². The Kier molecular flexibility index (Phi) is 9.40. The number of hydrogen-bond donors (Lipinski definition) is 0. The molecule has 0 saturated carbocycles. The maximum absolute atomic E-state index is 4.61. The van der Waals surface area contributed by atoms with Gasteiger partial charge in [0.25, 0.3) is 5.95 Å². The smallest absolute Gasteiger partial charge is 0.250 e. The van der Waals surface area contributed by atoms with E-state index >= 15 is 0 Å². The summed E-state index contributed by atoms with van der Waals surface area (Å²) in [5.41, 5.74) is 2.39. The third-order valence-electron chi connectivity index (χ3n) is 5.76. The van der Waals surface area contributed by atoms with E-state index < -0.39 is 0 Å². The standard InChI is InChI=1S/C21H30N6.2ClH/c1-18-19(17-24-27(18)21-22-10-8-11-23-21)20(26-14-6-3-7-15-26)9-16-25-12-4-2-5-13-25;;/h8-11,16-17,20H,2-7,12-15H2,1H3;2*1H/b16-9+;;. The molecular formula is C21H32Cl2N6.